The van der Waals surface area contributed by atoms with Crippen molar-refractivity contribution in [2.45, 2.75) is 40.0 Å². The first-order valence-corrected chi connectivity index (χ1v) is 11.4. The molecule has 0 atom stereocenters. The van der Waals surface area contributed by atoms with Crippen LogP contribution in [0.5, 0.6) is 5.88 Å². The summed E-state index contributed by atoms with van der Waals surface area (Å²) < 4.78 is 7.55. The highest BCUT2D eigenvalue weighted by Crippen LogP contribution is 2.27. The number of carbonyl (C=O) groups excluding carboxylic acids is 2. The van der Waals surface area contributed by atoms with Crippen LogP contribution in [0.25, 0.3) is 11.0 Å². The summed E-state index contributed by atoms with van der Waals surface area (Å²) in [6.45, 7) is 7.16. The van der Waals surface area contributed by atoms with Crippen LogP contribution in [-0.4, -0.2) is 57.7 Å². The van der Waals surface area contributed by atoms with Crippen LogP contribution < -0.4 is 9.64 Å². The van der Waals surface area contributed by atoms with Gasteiger partial charge < -0.3 is 14.5 Å². The lowest BCUT2D eigenvalue weighted by molar-refractivity contribution is -0.132. The van der Waals surface area contributed by atoms with E-state index in [1.807, 2.05) is 56.0 Å². The van der Waals surface area contributed by atoms with Gasteiger partial charge in [-0.25, -0.2) is 9.67 Å². The molecule has 1 aliphatic rings. The first-order chi connectivity index (χ1) is 15.8. The summed E-state index contributed by atoms with van der Waals surface area (Å²) in [4.78, 5) is 34.1. The van der Waals surface area contributed by atoms with E-state index in [9.17, 15) is 9.59 Å². The summed E-state index contributed by atoms with van der Waals surface area (Å²) in [5, 5.41) is 5.22. The van der Waals surface area contributed by atoms with E-state index in [2.05, 4.69) is 10.1 Å². The molecule has 174 valence electrons. The maximum Gasteiger partial charge on any atom is 0.265 e. The minimum atomic E-state index is -0.291. The molecule has 0 radical (unpaired) electrons. The van der Waals surface area contributed by atoms with Crippen molar-refractivity contribution in [1.82, 2.24) is 19.7 Å². The molecule has 0 N–H and O–H groups in total. The van der Waals surface area contributed by atoms with Gasteiger partial charge in [0.05, 0.1) is 5.39 Å². The molecule has 33 heavy (non-hydrogen) atoms. The van der Waals surface area contributed by atoms with Gasteiger partial charge in [0, 0.05) is 31.5 Å². The van der Waals surface area contributed by atoms with Crippen LogP contribution >= 0.6 is 0 Å². The van der Waals surface area contributed by atoms with Gasteiger partial charge in [-0.1, -0.05) is 17.7 Å². The molecule has 1 aliphatic heterocycles. The minimum Gasteiger partial charge on any atom is -0.466 e. The quantitative estimate of drug-likeness (QED) is 0.577. The number of benzene rings is 1. The number of aryl methyl sites for hydroxylation is 4. The molecule has 0 bridgehead atoms. The Morgan fingerprint density at radius 3 is 2.45 bits per heavy atom. The van der Waals surface area contributed by atoms with Gasteiger partial charge in [-0.2, -0.15) is 0 Å². The molecule has 3 aromatic rings. The SMILES string of the molecule is Cc1ccc(N(CC(=O)N2CCCCC2)C(=O)COc2nn(C)c3nc(C)cc(C)c23)cc1. The molecule has 2 amide bonds. The molecular formula is C25H31N5O3. The molecule has 0 spiro atoms. The number of hydrogen-bond donors (Lipinski definition) is 0. The Hall–Kier alpha value is -3.42. The number of fused-ring (bicyclic) bond motifs is 1. The van der Waals surface area contributed by atoms with E-state index in [1.165, 1.54) is 4.90 Å². The largest absolute Gasteiger partial charge is 0.466 e. The van der Waals surface area contributed by atoms with E-state index in [1.54, 1.807) is 11.7 Å². The normalized spacial score (nSPS) is 13.9. The van der Waals surface area contributed by atoms with Gasteiger partial charge in [0.2, 0.25) is 11.8 Å². The summed E-state index contributed by atoms with van der Waals surface area (Å²) in [5.74, 6) is 0.0419. The summed E-state index contributed by atoms with van der Waals surface area (Å²) >= 11 is 0. The topological polar surface area (TPSA) is 80.6 Å². The summed E-state index contributed by atoms with van der Waals surface area (Å²) in [6, 6.07) is 9.57. The number of amides is 2. The number of ether oxygens (including phenoxy) is 1. The van der Waals surface area contributed by atoms with Gasteiger partial charge >= 0.3 is 0 Å². The zero-order valence-corrected chi connectivity index (χ0v) is 19.8. The zero-order valence-electron chi connectivity index (χ0n) is 19.8. The second-order valence-corrected chi connectivity index (χ2v) is 8.75. The number of anilines is 1. The number of hydrogen-bond acceptors (Lipinski definition) is 5. The Balaban J connectivity index is 1.54. The number of rotatable bonds is 6. The fourth-order valence-electron chi connectivity index (χ4n) is 4.28. The Bertz CT molecular complexity index is 1160. The summed E-state index contributed by atoms with van der Waals surface area (Å²) in [5.41, 5.74) is 4.36. The van der Waals surface area contributed by atoms with E-state index in [-0.39, 0.29) is 25.0 Å². The van der Waals surface area contributed by atoms with Crippen LogP contribution in [0.3, 0.4) is 0 Å². The summed E-state index contributed by atoms with van der Waals surface area (Å²) in [7, 11) is 1.80. The molecule has 2 aromatic heterocycles. The molecule has 1 aromatic carbocycles. The number of nitrogens with zero attached hydrogens (tertiary/aromatic N) is 5. The maximum absolute atomic E-state index is 13.3. The van der Waals surface area contributed by atoms with Gasteiger partial charge in [-0.15, -0.1) is 5.10 Å². The highest BCUT2D eigenvalue weighted by molar-refractivity contribution is 5.99. The first kappa shape index (κ1) is 22.8. The molecule has 0 saturated carbocycles. The first-order valence-electron chi connectivity index (χ1n) is 11.4. The van der Waals surface area contributed by atoms with Crippen LogP contribution in [0.4, 0.5) is 5.69 Å². The molecule has 4 rings (SSSR count). The van der Waals surface area contributed by atoms with Crippen LogP contribution in [0.15, 0.2) is 30.3 Å². The minimum absolute atomic E-state index is 0.00595. The summed E-state index contributed by atoms with van der Waals surface area (Å²) in [6.07, 6.45) is 3.16. The van der Waals surface area contributed by atoms with Crippen molar-refractivity contribution in [2.75, 3.05) is 31.1 Å². The lowest BCUT2D eigenvalue weighted by Crippen LogP contribution is -2.46. The van der Waals surface area contributed by atoms with E-state index in [0.717, 1.165) is 54.6 Å². The Morgan fingerprint density at radius 1 is 1.06 bits per heavy atom. The fourth-order valence-corrected chi connectivity index (χ4v) is 4.28. The Morgan fingerprint density at radius 2 is 1.76 bits per heavy atom. The fraction of sp³-hybridized carbons (Fsp3) is 0.440. The van der Waals surface area contributed by atoms with E-state index < -0.39 is 0 Å². The molecule has 1 fully saturated rings. The molecular weight excluding hydrogens is 418 g/mol. The second-order valence-electron chi connectivity index (χ2n) is 8.75. The third-order valence-electron chi connectivity index (χ3n) is 6.07. The average molecular weight is 450 g/mol. The Labute approximate surface area is 194 Å². The number of carbonyl (C=O) groups is 2. The smallest absolute Gasteiger partial charge is 0.265 e. The lowest BCUT2D eigenvalue weighted by Gasteiger charge is -2.30. The predicted molar refractivity (Wildman–Crippen MR) is 127 cm³/mol. The Kier molecular flexibility index (Phi) is 6.62. The van der Waals surface area contributed by atoms with E-state index in [4.69, 9.17) is 4.74 Å². The van der Waals surface area contributed by atoms with E-state index in [0.29, 0.717) is 17.2 Å². The highest BCUT2D eigenvalue weighted by atomic mass is 16.5. The lowest BCUT2D eigenvalue weighted by atomic mass is 10.1. The zero-order chi connectivity index (χ0) is 23.5. The third-order valence-corrected chi connectivity index (χ3v) is 6.07. The average Bonchev–Trinajstić information content (AvgIpc) is 3.12. The van der Waals surface area contributed by atoms with Gasteiger partial charge in [0.1, 0.15) is 6.54 Å². The van der Waals surface area contributed by atoms with Crippen molar-refractivity contribution < 1.29 is 14.3 Å². The van der Waals surface area contributed by atoms with Gasteiger partial charge in [-0.3, -0.25) is 9.59 Å². The number of likely N-dealkylation sites (tertiary alicyclic amines) is 1. The molecule has 3 heterocycles. The number of pyridine rings is 1. The van der Waals surface area contributed by atoms with Gasteiger partial charge in [-0.05, 0) is 63.8 Å². The third kappa shape index (κ3) is 4.99. The number of piperidine rings is 1. The van der Waals surface area contributed by atoms with Crippen molar-refractivity contribution in [3.8, 4) is 5.88 Å². The van der Waals surface area contributed by atoms with Crippen molar-refractivity contribution in [2.24, 2.45) is 7.05 Å². The van der Waals surface area contributed by atoms with Crippen molar-refractivity contribution in [3.63, 3.8) is 0 Å². The van der Waals surface area contributed by atoms with Crippen LogP contribution in [-0.2, 0) is 16.6 Å². The van der Waals surface area contributed by atoms with E-state index >= 15 is 0 Å². The van der Waals surface area contributed by atoms with Gasteiger partial charge in [0.25, 0.3) is 5.91 Å². The highest BCUT2D eigenvalue weighted by Gasteiger charge is 2.25. The van der Waals surface area contributed by atoms with Crippen LogP contribution in [0.2, 0.25) is 0 Å². The maximum atomic E-state index is 13.3. The second kappa shape index (κ2) is 9.60. The molecule has 0 unspecified atom stereocenters. The van der Waals surface area contributed by atoms with Crippen molar-refractivity contribution in [3.05, 3.63) is 47.2 Å². The standard InChI is InChI=1S/C25H31N5O3/c1-17-8-10-20(11-9-17)30(15-21(31)29-12-6-5-7-13-29)22(32)16-33-25-23-18(2)14-19(3)26-24(23)28(4)27-25/h8-11,14H,5-7,12-13,15-16H2,1-4H3. The van der Waals surface area contributed by atoms with Crippen molar-refractivity contribution >= 4 is 28.5 Å². The monoisotopic (exact) mass is 449 g/mol. The van der Waals surface area contributed by atoms with Gasteiger partial charge in [0.15, 0.2) is 12.3 Å². The number of aromatic nitrogens is 3. The predicted octanol–water partition coefficient (Wildman–Crippen LogP) is 3.32. The van der Waals surface area contributed by atoms with Crippen molar-refractivity contribution in [1.29, 1.82) is 0 Å². The molecule has 8 heteroatoms. The molecule has 0 aliphatic carbocycles. The van der Waals surface area contributed by atoms with Crippen LogP contribution in [0.1, 0.15) is 36.1 Å². The molecule has 8 nitrogen and oxygen atoms in total. The molecule has 1 saturated heterocycles. The van der Waals surface area contributed by atoms with Crippen LogP contribution in [0, 0.1) is 20.8 Å².